The Labute approximate surface area is 239 Å². The lowest BCUT2D eigenvalue weighted by atomic mass is 9.84. The molecular weight excluding hydrogens is 520 g/mol. The number of hydrogen-bond donors (Lipinski definition) is 0. The average molecular weight is 565 g/mol. The van der Waals surface area contributed by atoms with Crippen molar-refractivity contribution in [2.75, 3.05) is 32.6 Å². The minimum Gasteiger partial charge on any atom is -0.378 e. The summed E-state index contributed by atoms with van der Waals surface area (Å²) < 4.78 is 31.5. The van der Waals surface area contributed by atoms with Crippen molar-refractivity contribution < 1.29 is 13.2 Å². The largest absolute Gasteiger partial charge is 0.378 e. The summed E-state index contributed by atoms with van der Waals surface area (Å²) in [5.74, 6) is 1.43. The van der Waals surface area contributed by atoms with Crippen molar-refractivity contribution in [3.8, 4) is 11.4 Å². The zero-order chi connectivity index (χ0) is 28.2. The van der Waals surface area contributed by atoms with E-state index >= 15 is 0 Å². The number of aryl methyl sites for hydroxylation is 2. The van der Waals surface area contributed by atoms with Crippen molar-refractivity contribution in [1.29, 1.82) is 0 Å². The van der Waals surface area contributed by atoms with Gasteiger partial charge >= 0.3 is 0 Å². The molecule has 40 heavy (non-hydrogen) atoms. The van der Waals surface area contributed by atoms with E-state index in [1.165, 1.54) is 62.6 Å². The molecule has 3 unspecified atom stereocenters. The second-order valence-corrected chi connectivity index (χ2v) is 14.5. The summed E-state index contributed by atoms with van der Waals surface area (Å²) in [5.41, 5.74) is 5.72. The van der Waals surface area contributed by atoms with Crippen LogP contribution in [0.25, 0.3) is 22.4 Å². The lowest BCUT2D eigenvalue weighted by Crippen LogP contribution is -2.62. The average Bonchev–Trinajstić information content (AvgIpc) is 3.25. The summed E-state index contributed by atoms with van der Waals surface area (Å²) in [6.07, 6.45) is 7.42. The Balaban J connectivity index is 1.16. The fraction of sp³-hybridized carbons (Fsp3) is 0.594. The van der Waals surface area contributed by atoms with Gasteiger partial charge in [0.15, 0.2) is 9.84 Å². The highest BCUT2D eigenvalue weighted by molar-refractivity contribution is 7.90. The molecule has 7 nitrogen and oxygen atoms in total. The number of benzene rings is 2. The van der Waals surface area contributed by atoms with E-state index in [2.05, 4.69) is 54.3 Å². The molecule has 0 saturated carbocycles. The first kappa shape index (κ1) is 27.9. The van der Waals surface area contributed by atoms with Crippen LogP contribution in [-0.4, -0.2) is 84.5 Å². The van der Waals surface area contributed by atoms with Crippen LogP contribution in [0.3, 0.4) is 0 Å². The first-order valence-corrected chi connectivity index (χ1v) is 16.9. The summed E-state index contributed by atoms with van der Waals surface area (Å²) in [5, 5.41) is 0. The Morgan fingerprint density at radius 3 is 2.33 bits per heavy atom. The smallest absolute Gasteiger partial charge is 0.175 e. The maximum atomic E-state index is 11.9. The van der Waals surface area contributed by atoms with Gasteiger partial charge in [0.2, 0.25) is 0 Å². The number of hydrogen-bond acceptors (Lipinski definition) is 6. The lowest BCUT2D eigenvalue weighted by molar-refractivity contribution is -0.115. The Morgan fingerprint density at radius 2 is 1.73 bits per heavy atom. The van der Waals surface area contributed by atoms with Gasteiger partial charge in [0.1, 0.15) is 5.82 Å². The second kappa shape index (κ2) is 10.9. The van der Waals surface area contributed by atoms with E-state index in [1.54, 1.807) is 12.1 Å². The van der Waals surface area contributed by atoms with Crippen LogP contribution in [0.15, 0.2) is 41.3 Å². The first-order valence-electron chi connectivity index (χ1n) is 15.0. The number of ether oxygens (including phenoxy) is 1. The van der Waals surface area contributed by atoms with E-state index in [0.717, 1.165) is 35.6 Å². The Kier molecular flexibility index (Phi) is 7.57. The molecule has 216 valence electrons. The van der Waals surface area contributed by atoms with Crippen molar-refractivity contribution >= 4 is 20.9 Å². The summed E-state index contributed by atoms with van der Waals surface area (Å²) in [6, 6.07) is 14.4. The van der Waals surface area contributed by atoms with E-state index < -0.39 is 9.84 Å². The maximum absolute atomic E-state index is 11.9. The van der Waals surface area contributed by atoms with Gasteiger partial charge in [-0.1, -0.05) is 13.0 Å². The Bertz CT molecular complexity index is 1470. The Hall–Kier alpha value is -2.26. The van der Waals surface area contributed by atoms with Crippen LogP contribution in [0.2, 0.25) is 0 Å². The van der Waals surface area contributed by atoms with E-state index in [-0.39, 0.29) is 0 Å². The van der Waals surface area contributed by atoms with Gasteiger partial charge in [0.05, 0.1) is 35.2 Å². The molecule has 1 aromatic heterocycles. The monoisotopic (exact) mass is 564 g/mol. The van der Waals surface area contributed by atoms with Crippen LogP contribution in [-0.2, 0) is 21.6 Å². The van der Waals surface area contributed by atoms with Crippen molar-refractivity contribution in [2.45, 2.75) is 87.9 Å². The summed E-state index contributed by atoms with van der Waals surface area (Å²) in [7, 11) is -1.16. The summed E-state index contributed by atoms with van der Waals surface area (Å²) >= 11 is 0. The van der Waals surface area contributed by atoms with Crippen LogP contribution in [0.4, 0.5) is 0 Å². The Morgan fingerprint density at radius 1 is 1.02 bits per heavy atom. The SMILES string of the molecule is CCC1CC(N2CCC(c3cc(C)c4nc(-c5ccc(S(C)(=O)=O)cc5)n(C)c4c3)CC2)CC(C)N1C1COC1. The first-order chi connectivity index (χ1) is 19.1. The quantitative estimate of drug-likeness (QED) is 0.412. The van der Waals surface area contributed by atoms with Gasteiger partial charge in [-0.15, -0.1) is 0 Å². The van der Waals surface area contributed by atoms with Crippen molar-refractivity contribution in [1.82, 2.24) is 19.4 Å². The van der Waals surface area contributed by atoms with E-state index in [0.29, 0.717) is 35.0 Å². The topological polar surface area (TPSA) is 67.7 Å². The highest BCUT2D eigenvalue weighted by Crippen LogP contribution is 2.37. The summed E-state index contributed by atoms with van der Waals surface area (Å²) in [4.78, 5) is 10.9. The summed E-state index contributed by atoms with van der Waals surface area (Å²) in [6.45, 7) is 11.1. The standard InChI is InChI=1S/C32H44N4O3S/c1-6-26-18-27(16-22(3)36(26)28-19-39-20-28)35-13-11-23(12-14-35)25-15-21(2)31-30(17-25)34(4)32(33-31)24-7-9-29(10-8-24)40(5,37)38/h7-10,15,17,22-23,26-28H,6,11-14,16,18-20H2,1-5H3. The number of piperidine rings is 2. The third-order valence-electron chi connectivity index (χ3n) is 9.86. The van der Waals surface area contributed by atoms with Gasteiger partial charge in [0, 0.05) is 37.0 Å². The molecule has 0 N–H and O–H groups in total. The van der Waals surface area contributed by atoms with Gasteiger partial charge in [0.25, 0.3) is 0 Å². The van der Waals surface area contributed by atoms with E-state index in [1.807, 2.05) is 12.1 Å². The predicted octanol–water partition coefficient (Wildman–Crippen LogP) is 5.16. The zero-order valence-electron chi connectivity index (χ0n) is 24.6. The molecule has 3 aliphatic heterocycles. The third-order valence-corrected chi connectivity index (χ3v) is 11.0. The normalized spacial score (nSPS) is 25.9. The zero-order valence-corrected chi connectivity index (χ0v) is 25.5. The number of sulfone groups is 1. The van der Waals surface area contributed by atoms with Gasteiger partial charge in [-0.2, -0.15) is 0 Å². The lowest BCUT2D eigenvalue weighted by Gasteiger charge is -2.52. The number of imidazole rings is 1. The van der Waals surface area contributed by atoms with Crippen LogP contribution in [0.5, 0.6) is 0 Å². The fourth-order valence-electron chi connectivity index (χ4n) is 7.56. The maximum Gasteiger partial charge on any atom is 0.175 e. The third kappa shape index (κ3) is 5.13. The van der Waals surface area contributed by atoms with Crippen molar-refractivity contribution in [2.24, 2.45) is 7.05 Å². The minimum atomic E-state index is -3.22. The molecule has 0 aliphatic carbocycles. The van der Waals surface area contributed by atoms with Crippen molar-refractivity contribution in [3.05, 3.63) is 47.5 Å². The molecule has 0 radical (unpaired) electrons. The highest BCUT2D eigenvalue weighted by Gasteiger charge is 2.41. The molecule has 0 amide bonds. The molecule has 3 aliphatic rings. The molecule has 8 heteroatoms. The number of rotatable bonds is 6. The van der Waals surface area contributed by atoms with Gasteiger partial charge in [-0.05, 0) is 106 Å². The van der Waals surface area contributed by atoms with Gasteiger partial charge < -0.3 is 14.2 Å². The minimum absolute atomic E-state index is 0.331. The second-order valence-electron chi connectivity index (χ2n) is 12.5. The fourth-order valence-corrected chi connectivity index (χ4v) is 8.19. The van der Waals surface area contributed by atoms with Crippen LogP contribution in [0.1, 0.15) is 63.0 Å². The molecule has 3 saturated heterocycles. The van der Waals surface area contributed by atoms with Crippen molar-refractivity contribution in [3.63, 3.8) is 0 Å². The van der Waals surface area contributed by atoms with E-state index in [9.17, 15) is 8.42 Å². The van der Waals surface area contributed by atoms with E-state index in [4.69, 9.17) is 9.72 Å². The molecule has 3 aromatic rings. The number of aromatic nitrogens is 2. The predicted molar refractivity (Wildman–Crippen MR) is 161 cm³/mol. The molecule has 2 aromatic carbocycles. The van der Waals surface area contributed by atoms with Gasteiger partial charge in [-0.25, -0.2) is 13.4 Å². The highest BCUT2D eigenvalue weighted by atomic mass is 32.2. The number of likely N-dealkylation sites (tertiary alicyclic amines) is 2. The molecule has 4 heterocycles. The van der Waals surface area contributed by atoms with Crippen LogP contribution < -0.4 is 0 Å². The molecule has 0 spiro atoms. The van der Waals surface area contributed by atoms with Crippen LogP contribution >= 0.6 is 0 Å². The molecular formula is C32H44N4O3S. The van der Waals surface area contributed by atoms with Gasteiger partial charge in [-0.3, -0.25) is 4.90 Å². The molecule has 0 bridgehead atoms. The van der Waals surface area contributed by atoms with Crippen LogP contribution in [0, 0.1) is 6.92 Å². The number of fused-ring (bicyclic) bond motifs is 1. The molecule has 6 rings (SSSR count). The number of nitrogens with zero attached hydrogens (tertiary/aromatic N) is 4. The molecule has 3 fully saturated rings. The molecule has 3 atom stereocenters.